The van der Waals surface area contributed by atoms with Crippen LogP contribution in [0.25, 0.3) is 0 Å². The van der Waals surface area contributed by atoms with Crippen molar-refractivity contribution < 1.29 is 4.74 Å². The summed E-state index contributed by atoms with van der Waals surface area (Å²) in [5.41, 5.74) is 0. The number of nitrogens with zero attached hydrogens (tertiary/aromatic N) is 5. The molecule has 0 spiro atoms. The summed E-state index contributed by atoms with van der Waals surface area (Å²) >= 11 is 0. The van der Waals surface area contributed by atoms with Crippen LogP contribution in [0.4, 0.5) is 0 Å². The average molecular weight is 451 g/mol. The van der Waals surface area contributed by atoms with E-state index in [2.05, 4.69) is 44.6 Å². The van der Waals surface area contributed by atoms with E-state index in [9.17, 15) is 0 Å². The molecule has 1 atom stereocenters. The van der Waals surface area contributed by atoms with Gasteiger partial charge in [-0.15, -0.1) is 34.2 Å². The molecule has 0 saturated carbocycles. The van der Waals surface area contributed by atoms with Crippen LogP contribution < -0.4 is 10.6 Å². The molecule has 8 nitrogen and oxygen atoms in total. The molecule has 2 N–H and O–H groups in total. The molecule has 1 fully saturated rings. The highest BCUT2D eigenvalue weighted by atomic mass is 127. The summed E-state index contributed by atoms with van der Waals surface area (Å²) < 4.78 is 7.36. The van der Waals surface area contributed by atoms with E-state index in [0.29, 0.717) is 12.6 Å². The van der Waals surface area contributed by atoms with Gasteiger partial charge in [0, 0.05) is 39.3 Å². The number of rotatable bonds is 6. The van der Waals surface area contributed by atoms with Crippen LogP contribution in [0.3, 0.4) is 0 Å². The van der Waals surface area contributed by atoms with Crippen LogP contribution in [-0.2, 0) is 18.3 Å². The van der Waals surface area contributed by atoms with Crippen LogP contribution >= 0.6 is 24.0 Å². The SMILES string of the molecule is CCNC(=NCc1nnc(C)n1C)NCC(C)N1CCOCC1.I. The third-order valence-corrected chi connectivity index (χ3v) is 4.14. The van der Waals surface area contributed by atoms with Crippen molar-refractivity contribution in [3.05, 3.63) is 11.6 Å². The number of morpholine rings is 1. The Morgan fingerprint density at radius 2 is 2.00 bits per heavy atom. The van der Waals surface area contributed by atoms with E-state index in [1.54, 1.807) is 0 Å². The van der Waals surface area contributed by atoms with Crippen molar-refractivity contribution in [1.82, 2.24) is 30.3 Å². The van der Waals surface area contributed by atoms with Crippen LogP contribution in [-0.4, -0.2) is 71.1 Å². The van der Waals surface area contributed by atoms with Gasteiger partial charge in [-0.05, 0) is 20.8 Å². The molecule has 0 radical (unpaired) electrons. The zero-order chi connectivity index (χ0) is 16.7. The molecular formula is C15H30IN7O. The van der Waals surface area contributed by atoms with Crippen LogP contribution in [0.15, 0.2) is 4.99 Å². The molecule has 0 bridgehead atoms. The lowest BCUT2D eigenvalue weighted by Gasteiger charge is -2.32. The van der Waals surface area contributed by atoms with Crippen LogP contribution in [0.2, 0.25) is 0 Å². The van der Waals surface area contributed by atoms with Crippen molar-refractivity contribution in [1.29, 1.82) is 0 Å². The summed E-state index contributed by atoms with van der Waals surface area (Å²) in [6, 6.07) is 0.444. The van der Waals surface area contributed by atoms with E-state index < -0.39 is 0 Å². The molecule has 1 aromatic rings. The molecule has 9 heteroatoms. The summed E-state index contributed by atoms with van der Waals surface area (Å²) in [5.74, 6) is 2.57. The molecule has 24 heavy (non-hydrogen) atoms. The number of aromatic nitrogens is 3. The van der Waals surface area contributed by atoms with E-state index in [4.69, 9.17) is 4.74 Å². The molecule has 2 heterocycles. The Bertz CT molecular complexity index is 514. The first-order chi connectivity index (χ1) is 11.1. The van der Waals surface area contributed by atoms with Gasteiger partial charge in [0.25, 0.3) is 0 Å². The van der Waals surface area contributed by atoms with Gasteiger partial charge in [-0.25, -0.2) is 4.99 Å². The monoisotopic (exact) mass is 451 g/mol. The van der Waals surface area contributed by atoms with E-state index >= 15 is 0 Å². The maximum Gasteiger partial charge on any atom is 0.191 e. The lowest BCUT2D eigenvalue weighted by atomic mass is 10.2. The first-order valence-corrected chi connectivity index (χ1v) is 8.30. The fourth-order valence-corrected chi connectivity index (χ4v) is 2.47. The topological polar surface area (TPSA) is 79.6 Å². The van der Waals surface area contributed by atoms with Crippen molar-refractivity contribution in [2.45, 2.75) is 33.4 Å². The van der Waals surface area contributed by atoms with Gasteiger partial charge in [-0.1, -0.05) is 0 Å². The smallest absolute Gasteiger partial charge is 0.191 e. The average Bonchev–Trinajstić information content (AvgIpc) is 2.89. The van der Waals surface area contributed by atoms with Crippen molar-refractivity contribution in [3.8, 4) is 0 Å². The molecule has 1 aliphatic heterocycles. The number of hydrogen-bond donors (Lipinski definition) is 2. The van der Waals surface area contributed by atoms with E-state index in [-0.39, 0.29) is 24.0 Å². The second kappa shape index (κ2) is 10.8. The van der Waals surface area contributed by atoms with Gasteiger partial charge in [-0.3, -0.25) is 4.90 Å². The molecule has 1 aliphatic rings. The Morgan fingerprint density at radius 1 is 1.29 bits per heavy atom. The standard InChI is InChI=1S/C15H29N7O.HI/c1-5-16-15(18-11-14-20-19-13(3)21(14)4)17-10-12(2)22-6-8-23-9-7-22;/h12H,5-11H2,1-4H3,(H2,16,17,18);1H. The maximum absolute atomic E-state index is 5.40. The van der Waals surface area contributed by atoms with Crippen molar-refractivity contribution in [2.75, 3.05) is 39.4 Å². The van der Waals surface area contributed by atoms with Crippen LogP contribution in [0.1, 0.15) is 25.5 Å². The largest absolute Gasteiger partial charge is 0.379 e. The van der Waals surface area contributed by atoms with E-state index in [0.717, 1.165) is 57.0 Å². The summed E-state index contributed by atoms with van der Waals surface area (Å²) in [6.45, 7) is 12.1. The molecule has 0 amide bonds. The van der Waals surface area contributed by atoms with E-state index in [1.165, 1.54) is 0 Å². The fourth-order valence-electron chi connectivity index (χ4n) is 2.47. The van der Waals surface area contributed by atoms with Gasteiger partial charge in [0.05, 0.1) is 13.2 Å². The summed E-state index contributed by atoms with van der Waals surface area (Å²) in [7, 11) is 1.96. The molecule has 1 unspecified atom stereocenters. The minimum absolute atomic E-state index is 0. The summed E-state index contributed by atoms with van der Waals surface area (Å²) in [6.07, 6.45) is 0. The van der Waals surface area contributed by atoms with Crippen molar-refractivity contribution in [2.24, 2.45) is 12.0 Å². The molecule has 2 rings (SSSR count). The van der Waals surface area contributed by atoms with E-state index in [1.807, 2.05) is 18.5 Å². The minimum atomic E-state index is 0. The maximum atomic E-state index is 5.40. The second-order valence-corrected chi connectivity index (χ2v) is 5.80. The number of aryl methyl sites for hydroxylation is 1. The Hall–Kier alpha value is -0.940. The van der Waals surface area contributed by atoms with Crippen LogP contribution in [0, 0.1) is 6.92 Å². The highest BCUT2D eigenvalue weighted by Crippen LogP contribution is 2.03. The normalized spacial score (nSPS) is 17.2. The number of aliphatic imine (C=N–C) groups is 1. The molecular weight excluding hydrogens is 421 g/mol. The predicted molar refractivity (Wildman–Crippen MR) is 106 cm³/mol. The van der Waals surface area contributed by atoms with Crippen LogP contribution in [0.5, 0.6) is 0 Å². The highest BCUT2D eigenvalue weighted by Gasteiger charge is 2.17. The quantitative estimate of drug-likeness (QED) is 0.373. The van der Waals surface area contributed by atoms with Gasteiger partial charge in [0.1, 0.15) is 12.4 Å². The third kappa shape index (κ3) is 6.17. The Morgan fingerprint density at radius 3 is 2.58 bits per heavy atom. The van der Waals surface area contributed by atoms with Gasteiger partial charge in [-0.2, -0.15) is 0 Å². The Labute approximate surface area is 161 Å². The van der Waals surface area contributed by atoms with Gasteiger partial charge >= 0.3 is 0 Å². The summed E-state index contributed by atoms with van der Waals surface area (Å²) in [5, 5.41) is 14.9. The number of guanidine groups is 1. The van der Waals surface area contributed by atoms with Gasteiger partial charge in [0.2, 0.25) is 0 Å². The lowest BCUT2D eigenvalue weighted by Crippen LogP contribution is -2.49. The first-order valence-electron chi connectivity index (χ1n) is 8.30. The van der Waals surface area contributed by atoms with Gasteiger partial charge < -0.3 is 19.9 Å². The number of halogens is 1. The van der Waals surface area contributed by atoms with Crippen molar-refractivity contribution in [3.63, 3.8) is 0 Å². The predicted octanol–water partition coefficient (Wildman–Crippen LogP) is 0.517. The third-order valence-electron chi connectivity index (χ3n) is 4.14. The number of nitrogens with one attached hydrogen (secondary N) is 2. The Kier molecular flexibility index (Phi) is 9.52. The van der Waals surface area contributed by atoms with Gasteiger partial charge in [0.15, 0.2) is 11.8 Å². The zero-order valence-corrected chi connectivity index (χ0v) is 17.4. The number of hydrogen-bond acceptors (Lipinski definition) is 5. The molecule has 1 saturated heterocycles. The van der Waals surface area contributed by atoms with Crippen molar-refractivity contribution >= 4 is 29.9 Å². The molecule has 0 aliphatic carbocycles. The first kappa shape index (κ1) is 21.1. The fraction of sp³-hybridized carbons (Fsp3) is 0.800. The summed E-state index contributed by atoms with van der Waals surface area (Å²) in [4.78, 5) is 7.04. The molecule has 0 aromatic carbocycles. The number of ether oxygens (including phenoxy) is 1. The molecule has 138 valence electrons. The highest BCUT2D eigenvalue weighted by molar-refractivity contribution is 14.0. The lowest BCUT2D eigenvalue weighted by molar-refractivity contribution is 0.0211. The molecule has 1 aromatic heterocycles. The minimum Gasteiger partial charge on any atom is -0.379 e. The second-order valence-electron chi connectivity index (χ2n) is 5.80. The zero-order valence-electron chi connectivity index (χ0n) is 15.1. The Balaban J connectivity index is 0.00000288.